The molecule has 0 atom stereocenters. The first-order valence-corrected chi connectivity index (χ1v) is 14.9. The third kappa shape index (κ3) is 3.51. The van der Waals surface area contributed by atoms with Crippen LogP contribution in [0.3, 0.4) is 0 Å². The molecule has 0 aliphatic carbocycles. The fourth-order valence-corrected chi connectivity index (χ4v) is 7.07. The van der Waals surface area contributed by atoms with E-state index in [1.165, 1.54) is 11.5 Å². The van der Waals surface area contributed by atoms with Gasteiger partial charge in [-0.25, -0.2) is 19.9 Å². The van der Waals surface area contributed by atoms with Crippen LogP contribution in [0.5, 0.6) is 0 Å². The molecule has 0 saturated carbocycles. The van der Waals surface area contributed by atoms with Crippen LogP contribution in [0.2, 0.25) is 0 Å². The van der Waals surface area contributed by atoms with Gasteiger partial charge < -0.3 is 15.0 Å². The van der Waals surface area contributed by atoms with Crippen LogP contribution in [0.1, 0.15) is 0 Å². The number of benzene rings is 2. The zero-order valence-corrected chi connectivity index (χ0v) is 23.4. The first kappa shape index (κ1) is 23.3. The van der Waals surface area contributed by atoms with Crippen LogP contribution in [0.15, 0.2) is 96.8 Å². The summed E-state index contributed by atoms with van der Waals surface area (Å²) in [4.78, 5) is 30.1. The van der Waals surface area contributed by atoms with Gasteiger partial charge in [0.1, 0.15) is 27.7 Å². The van der Waals surface area contributed by atoms with E-state index >= 15 is 0 Å². The van der Waals surface area contributed by atoms with Gasteiger partial charge in [0, 0.05) is 40.8 Å². The Labute approximate surface area is 245 Å². The van der Waals surface area contributed by atoms with Crippen molar-refractivity contribution >= 4 is 49.8 Å². The molecular formula is C31H19N9S2. The van der Waals surface area contributed by atoms with Crippen molar-refractivity contribution in [2.75, 3.05) is 0 Å². The van der Waals surface area contributed by atoms with Crippen LogP contribution in [-0.2, 0) is 0 Å². The normalized spacial score (nSPS) is 11.8. The van der Waals surface area contributed by atoms with Gasteiger partial charge in [-0.05, 0) is 60.1 Å². The number of fused-ring (bicyclic) bond motifs is 3. The van der Waals surface area contributed by atoms with Gasteiger partial charge in [-0.1, -0.05) is 24.3 Å². The number of nitrogens with one attached hydrogen (secondary N) is 3. The Morgan fingerprint density at radius 1 is 0.762 bits per heavy atom. The predicted octanol–water partition coefficient (Wildman–Crippen LogP) is 7.66. The summed E-state index contributed by atoms with van der Waals surface area (Å²) in [7, 11) is 0. The maximum absolute atomic E-state index is 5.21. The second-order valence-corrected chi connectivity index (χ2v) is 11.5. The summed E-state index contributed by atoms with van der Waals surface area (Å²) in [5.74, 6) is 1.34. The van der Waals surface area contributed by atoms with Crippen molar-refractivity contribution in [2.24, 2.45) is 0 Å². The molecule has 2 aromatic carbocycles. The maximum atomic E-state index is 5.21. The first-order valence-electron chi connectivity index (χ1n) is 13.3. The summed E-state index contributed by atoms with van der Waals surface area (Å²) >= 11 is 3.08. The van der Waals surface area contributed by atoms with Crippen LogP contribution in [0.4, 0.5) is 0 Å². The maximum Gasteiger partial charge on any atom is 0.159 e. The van der Waals surface area contributed by atoms with E-state index in [-0.39, 0.29) is 0 Å². The molecule has 0 bridgehead atoms. The number of hydrogen-bond acceptors (Lipinski definition) is 7. The van der Waals surface area contributed by atoms with Crippen molar-refractivity contribution in [3.05, 3.63) is 96.8 Å². The quantitative estimate of drug-likeness (QED) is 0.193. The van der Waals surface area contributed by atoms with Gasteiger partial charge in [-0.15, -0.1) is 11.3 Å². The lowest BCUT2D eigenvalue weighted by atomic mass is 10.0. The summed E-state index contributed by atoms with van der Waals surface area (Å²) in [6.07, 6.45) is 5.51. The van der Waals surface area contributed by atoms with E-state index in [1.807, 2.05) is 66.3 Å². The van der Waals surface area contributed by atoms with E-state index in [2.05, 4.69) is 48.6 Å². The van der Waals surface area contributed by atoms with Gasteiger partial charge in [-0.2, -0.15) is 4.37 Å². The highest BCUT2D eigenvalue weighted by molar-refractivity contribution is 7.21. The van der Waals surface area contributed by atoms with Crippen molar-refractivity contribution in [1.82, 2.24) is 43.7 Å². The Kier molecular flexibility index (Phi) is 5.03. The Morgan fingerprint density at radius 2 is 1.67 bits per heavy atom. The number of imidazole rings is 3. The lowest BCUT2D eigenvalue weighted by Gasteiger charge is -2.15. The van der Waals surface area contributed by atoms with E-state index in [9.17, 15) is 0 Å². The molecule has 9 nitrogen and oxygen atoms in total. The molecule has 200 valence electrons. The average molecular weight is 582 g/mol. The fraction of sp³-hybridized carbons (Fsp3) is 0. The van der Waals surface area contributed by atoms with Gasteiger partial charge in [0.2, 0.25) is 0 Å². The smallest absolute Gasteiger partial charge is 0.159 e. The largest absolute Gasteiger partial charge is 0.361 e. The molecule has 0 amide bonds. The van der Waals surface area contributed by atoms with E-state index in [1.54, 1.807) is 17.5 Å². The minimum atomic E-state index is 0.665. The minimum Gasteiger partial charge on any atom is -0.361 e. The second kappa shape index (κ2) is 9.06. The number of para-hydroxylation sites is 3. The molecule has 0 spiro atoms. The predicted molar refractivity (Wildman–Crippen MR) is 167 cm³/mol. The Morgan fingerprint density at radius 3 is 2.45 bits per heavy atom. The summed E-state index contributed by atoms with van der Waals surface area (Å²) in [5, 5.41) is 2.89. The van der Waals surface area contributed by atoms with E-state index in [0.717, 1.165) is 65.8 Å². The molecule has 7 heterocycles. The Bertz CT molecular complexity index is 2290. The summed E-state index contributed by atoms with van der Waals surface area (Å²) in [6.45, 7) is 0. The number of aromatic amines is 3. The van der Waals surface area contributed by atoms with Gasteiger partial charge >= 0.3 is 0 Å². The summed E-state index contributed by atoms with van der Waals surface area (Å²) < 4.78 is 8.11. The Balaban J connectivity index is 1.47. The van der Waals surface area contributed by atoms with Crippen LogP contribution in [0.25, 0.3) is 83.2 Å². The molecule has 3 N–H and O–H groups in total. The summed E-state index contributed by atoms with van der Waals surface area (Å²) in [6, 6.07) is 24.4. The highest BCUT2D eigenvalue weighted by Gasteiger charge is 2.29. The number of thiazole rings is 1. The number of aromatic nitrogens is 9. The van der Waals surface area contributed by atoms with E-state index in [4.69, 9.17) is 19.3 Å². The number of nitrogens with zero attached hydrogens (tertiary/aromatic N) is 6. The standard InChI is InChI=1S/C31H19N9S2/c1-2-7-20-19(6-1)35-29(36-20)26-28(30-33-13-14-34-30)40-24(38-26)16-17(18-9-5-12-32-18)25(27(40)22-11-15-41-39-22)31-37-21-8-3-4-10-23(21)42-31/h1-16,32H,(H,33,34)(H,35,36). The molecule has 0 unspecified atom stereocenters. The first-order chi connectivity index (χ1) is 20.8. The molecule has 0 radical (unpaired) electrons. The minimum absolute atomic E-state index is 0.665. The Hall–Kier alpha value is -5.39. The van der Waals surface area contributed by atoms with Crippen LogP contribution < -0.4 is 0 Å². The van der Waals surface area contributed by atoms with E-state index < -0.39 is 0 Å². The molecule has 9 aromatic rings. The van der Waals surface area contributed by atoms with Gasteiger partial charge in [-0.3, -0.25) is 4.40 Å². The molecule has 11 heteroatoms. The van der Waals surface area contributed by atoms with Gasteiger partial charge in [0.25, 0.3) is 0 Å². The van der Waals surface area contributed by atoms with Crippen molar-refractivity contribution < 1.29 is 0 Å². The number of rotatable bonds is 5. The molecule has 7 aromatic heterocycles. The third-order valence-electron chi connectivity index (χ3n) is 7.32. The molecule has 0 fully saturated rings. The highest BCUT2D eigenvalue weighted by Crippen LogP contribution is 2.45. The molecule has 0 aliphatic heterocycles. The topological polar surface area (TPSA) is 116 Å². The highest BCUT2D eigenvalue weighted by atomic mass is 32.1. The lowest BCUT2D eigenvalue weighted by molar-refractivity contribution is 1.15. The van der Waals surface area contributed by atoms with Crippen LogP contribution in [0, 0.1) is 0 Å². The lowest BCUT2D eigenvalue weighted by Crippen LogP contribution is -2.02. The average Bonchev–Trinajstić information content (AvgIpc) is 3.87. The fourth-order valence-electron chi connectivity index (χ4n) is 5.53. The third-order valence-corrected chi connectivity index (χ3v) is 8.93. The van der Waals surface area contributed by atoms with Gasteiger partial charge in [0.05, 0.1) is 26.9 Å². The van der Waals surface area contributed by atoms with Crippen LogP contribution >= 0.6 is 22.9 Å². The van der Waals surface area contributed by atoms with Crippen molar-refractivity contribution in [2.45, 2.75) is 0 Å². The zero-order valence-electron chi connectivity index (χ0n) is 21.7. The van der Waals surface area contributed by atoms with E-state index in [0.29, 0.717) is 17.3 Å². The summed E-state index contributed by atoms with van der Waals surface area (Å²) in [5.41, 5.74) is 9.64. The monoisotopic (exact) mass is 581 g/mol. The molecular weight excluding hydrogens is 563 g/mol. The zero-order chi connectivity index (χ0) is 27.6. The van der Waals surface area contributed by atoms with Crippen molar-refractivity contribution in [1.29, 1.82) is 0 Å². The van der Waals surface area contributed by atoms with Crippen LogP contribution in [-0.4, -0.2) is 43.7 Å². The number of pyridine rings is 1. The number of H-pyrrole nitrogens is 3. The van der Waals surface area contributed by atoms with Crippen molar-refractivity contribution in [3.63, 3.8) is 0 Å². The van der Waals surface area contributed by atoms with Gasteiger partial charge in [0.15, 0.2) is 11.6 Å². The molecule has 0 saturated heterocycles. The molecule has 0 aliphatic rings. The second-order valence-electron chi connectivity index (χ2n) is 9.78. The number of hydrogen-bond donors (Lipinski definition) is 3. The molecule has 42 heavy (non-hydrogen) atoms. The SMILES string of the molecule is c1c[nH]c(-c2cc3nc(-c4nc5ccccc5[nH]4)c(-c4ncc[nH]4)n3c(-c3ccsn3)c2-c2nc3ccccc3s2)c1. The van der Waals surface area contributed by atoms with Crippen molar-refractivity contribution in [3.8, 4) is 56.3 Å². The molecule has 9 rings (SSSR count).